The molecule has 1 N–H and O–H groups in total. The van der Waals surface area contributed by atoms with Crippen LogP contribution >= 0.6 is 0 Å². The van der Waals surface area contributed by atoms with Crippen LogP contribution in [0.15, 0.2) is 42.7 Å². The third kappa shape index (κ3) is 3.92. The second-order valence-electron chi connectivity index (χ2n) is 5.97. The van der Waals surface area contributed by atoms with E-state index in [0.29, 0.717) is 22.6 Å². The molecule has 0 saturated carbocycles. The normalized spacial score (nSPS) is 11.0. The van der Waals surface area contributed by atoms with Crippen molar-refractivity contribution in [2.75, 3.05) is 35.0 Å². The van der Waals surface area contributed by atoms with Crippen LogP contribution in [0, 0.1) is 0 Å². The van der Waals surface area contributed by atoms with Crippen LogP contribution in [0.25, 0.3) is 16.7 Å². The van der Waals surface area contributed by atoms with E-state index < -0.39 is 6.29 Å². The SMILES string of the molecule is COc1ccc(OC)c(-n2cnc3cc(C(=O)NCC(OC)OC)ccc32)c1. The third-order valence-corrected chi connectivity index (χ3v) is 4.41. The van der Waals surface area contributed by atoms with Gasteiger partial charge in [0.05, 0.1) is 37.5 Å². The van der Waals surface area contributed by atoms with Crippen molar-refractivity contribution in [3.05, 3.63) is 48.3 Å². The highest BCUT2D eigenvalue weighted by atomic mass is 16.7. The van der Waals surface area contributed by atoms with Gasteiger partial charge in [0, 0.05) is 25.8 Å². The molecule has 0 spiro atoms. The number of fused-ring (bicyclic) bond motifs is 1. The quantitative estimate of drug-likeness (QED) is 0.600. The first kappa shape index (κ1) is 19.7. The zero-order chi connectivity index (χ0) is 20.1. The molecule has 1 heterocycles. The second-order valence-corrected chi connectivity index (χ2v) is 5.97. The highest BCUT2D eigenvalue weighted by Crippen LogP contribution is 2.30. The average Bonchev–Trinajstić information content (AvgIpc) is 3.16. The first-order valence-electron chi connectivity index (χ1n) is 8.64. The molecule has 28 heavy (non-hydrogen) atoms. The van der Waals surface area contributed by atoms with E-state index in [-0.39, 0.29) is 12.5 Å². The Morgan fingerprint density at radius 3 is 2.54 bits per heavy atom. The molecule has 1 amide bonds. The lowest BCUT2D eigenvalue weighted by molar-refractivity contribution is -0.0974. The van der Waals surface area contributed by atoms with Crippen LogP contribution in [0.4, 0.5) is 0 Å². The third-order valence-electron chi connectivity index (χ3n) is 4.41. The van der Waals surface area contributed by atoms with E-state index in [1.165, 1.54) is 14.2 Å². The number of methoxy groups -OCH3 is 4. The number of hydrogen-bond acceptors (Lipinski definition) is 6. The summed E-state index contributed by atoms with van der Waals surface area (Å²) in [4.78, 5) is 16.8. The molecular weight excluding hydrogens is 362 g/mol. The lowest BCUT2D eigenvalue weighted by atomic mass is 10.2. The van der Waals surface area contributed by atoms with Crippen molar-refractivity contribution < 1.29 is 23.7 Å². The minimum atomic E-state index is -0.493. The fourth-order valence-electron chi connectivity index (χ4n) is 2.87. The molecule has 0 atom stereocenters. The maximum Gasteiger partial charge on any atom is 0.251 e. The molecule has 0 aliphatic heterocycles. The van der Waals surface area contributed by atoms with Gasteiger partial charge >= 0.3 is 0 Å². The summed E-state index contributed by atoms with van der Waals surface area (Å²) < 4.78 is 22.8. The zero-order valence-corrected chi connectivity index (χ0v) is 16.3. The predicted molar refractivity (Wildman–Crippen MR) is 104 cm³/mol. The summed E-state index contributed by atoms with van der Waals surface area (Å²) in [6, 6.07) is 10.9. The predicted octanol–water partition coefficient (Wildman–Crippen LogP) is 2.39. The van der Waals surface area contributed by atoms with Crippen molar-refractivity contribution >= 4 is 16.9 Å². The molecule has 8 nitrogen and oxygen atoms in total. The molecule has 0 bridgehead atoms. The first-order chi connectivity index (χ1) is 13.6. The van der Waals surface area contributed by atoms with Crippen molar-refractivity contribution in [2.24, 2.45) is 0 Å². The number of amides is 1. The summed E-state index contributed by atoms with van der Waals surface area (Å²) in [7, 11) is 6.26. The van der Waals surface area contributed by atoms with Crippen LogP contribution < -0.4 is 14.8 Å². The summed E-state index contributed by atoms with van der Waals surface area (Å²) in [6.07, 6.45) is 1.20. The topological polar surface area (TPSA) is 83.8 Å². The summed E-state index contributed by atoms with van der Waals surface area (Å²) in [6.45, 7) is 0.249. The van der Waals surface area contributed by atoms with Gasteiger partial charge in [-0.3, -0.25) is 9.36 Å². The smallest absolute Gasteiger partial charge is 0.251 e. The van der Waals surface area contributed by atoms with Gasteiger partial charge in [-0.15, -0.1) is 0 Å². The van der Waals surface area contributed by atoms with Gasteiger partial charge in [0.15, 0.2) is 6.29 Å². The van der Waals surface area contributed by atoms with Crippen LogP contribution in [-0.2, 0) is 9.47 Å². The van der Waals surface area contributed by atoms with E-state index in [4.69, 9.17) is 18.9 Å². The summed E-state index contributed by atoms with van der Waals surface area (Å²) in [5.74, 6) is 1.17. The zero-order valence-electron chi connectivity index (χ0n) is 16.3. The monoisotopic (exact) mass is 385 g/mol. The molecule has 0 fully saturated rings. The first-order valence-corrected chi connectivity index (χ1v) is 8.64. The molecule has 2 aromatic carbocycles. The lowest BCUT2D eigenvalue weighted by Gasteiger charge is -2.14. The van der Waals surface area contributed by atoms with E-state index in [1.807, 2.05) is 28.8 Å². The number of carbonyl (C=O) groups is 1. The molecule has 3 aromatic rings. The molecule has 1 aromatic heterocycles. The van der Waals surface area contributed by atoms with E-state index in [1.54, 1.807) is 32.7 Å². The van der Waals surface area contributed by atoms with Gasteiger partial charge in [-0.05, 0) is 30.3 Å². The van der Waals surface area contributed by atoms with Gasteiger partial charge in [-0.1, -0.05) is 0 Å². The van der Waals surface area contributed by atoms with Gasteiger partial charge in [-0.2, -0.15) is 0 Å². The number of imidazole rings is 1. The van der Waals surface area contributed by atoms with Crippen LogP contribution in [-0.4, -0.2) is 56.7 Å². The molecule has 0 unspecified atom stereocenters. The van der Waals surface area contributed by atoms with Crippen molar-refractivity contribution in [2.45, 2.75) is 6.29 Å². The Kier molecular flexibility index (Phi) is 6.13. The second kappa shape index (κ2) is 8.73. The number of ether oxygens (including phenoxy) is 4. The van der Waals surface area contributed by atoms with Crippen molar-refractivity contribution in [1.82, 2.24) is 14.9 Å². The fraction of sp³-hybridized carbons (Fsp3) is 0.300. The van der Waals surface area contributed by atoms with Crippen LogP contribution in [0.3, 0.4) is 0 Å². The largest absolute Gasteiger partial charge is 0.497 e. The Labute approximate surface area is 163 Å². The molecule has 8 heteroatoms. The van der Waals surface area contributed by atoms with Gasteiger partial charge < -0.3 is 24.3 Å². The molecule has 0 radical (unpaired) electrons. The van der Waals surface area contributed by atoms with Crippen molar-refractivity contribution in [3.8, 4) is 17.2 Å². The Bertz CT molecular complexity index is 966. The number of benzene rings is 2. The van der Waals surface area contributed by atoms with Crippen molar-refractivity contribution in [3.63, 3.8) is 0 Å². The average molecular weight is 385 g/mol. The van der Waals surface area contributed by atoms with Gasteiger partial charge in [0.1, 0.15) is 17.8 Å². The minimum absolute atomic E-state index is 0.227. The van der Waals surface area contributed by atoms with Crippen LogP contribution in [0.1, 0.15) is 10.4 Å². The molecule has 148 valence electrons. The molecule has 0 aliphatic rings. The molecule has 3 rings (SSSR count). The van der Waals surface area contributed by atoms with E-state index >= 15 is 0 Å². The highest BCUT2D eigenvalue weighted by molar-refractivity contribution is 5.97. The van der Waals surface area contributed by atoms with E-state index in [0.717, 1.165) is 11.2 Å². The van der Waals surface area contributed by atoms with E-state index in [2.05, 4.69) is 10.3 Å². The Morgan fingerprint density at radius 2 is 1.86 bits per heavy atom. The van der Waals surface area contributed by atoms with Crippen LogP contribution in [0.2, 0.25) is 0 Å². The Hall–Kier alpha value is -3.10. The highest BCUT2D eigenvalue weighted by Gasteiger charge is 2.14. The van der Waals surface area contributed by atoms with Gasteiger partial charge in [-0.25, -0.2) is 4.98 Å². The minimum Gasteiger partial charge on any atom is -0.497 e. The summed E-state index contributed by atoms with van der Waals surface area (Å²) in [5, 5.41) is 2.78. The molecular formula is C20H23N3O5. The summed E-state index contributed by atoms with van der Waals surface area (Å²) in [5.41, 5.74) is 2.83. The number of carbonyl (C=O) groups excluding carboxylic acids is 1. The lowest BCUT2D eigenvalue weighted by Crippen LogP contribution is -2.34. The maximum atomic E-state index is 12.4. The molecule has 0 saturated heterocycles. The van der Waals surface area contributed by atoms with Crippen LogP contribution in [0.5, 0.6) is 11.5 Å². The number of nitrogens with zero attached hydrogens (tertiary/aromatic N) is 2. The molecule has 0 aliphatic carbocycles. The van der Waals surface area contributed by atoms with E-state index in [9.17, 15) is 4.79 Å². The number of rotatable bonds is 8. The summed E-state index contributed by atoms with van der Waals surface area (Å²) >= 11 is 0. The Morgan fingerprint density at radius 1 is 1.07 bits per heavy atom. The van der Waals surface area contributed by atoms with Gasteiger partial charge in [0.25, 0.3) is 5.91 Å². The number of nitrogens with one attached hydrogen (secondary N) is 1. The Balaban J connectivity index is 1.90. The van der Waals surface area contributed by atoms with Crippen molar-refractivity contribution in [1.29, 1.82) is 0 Å². The number of hydrogen-bond donors (Lipinski definition) is 1. The number of aromatic nitrogens is 2. The van der Waals surface area contributed by atoms with Gasteiger partial charge in [0.2, 0.25) is 0 Å². The standard InChI is InChI=1S/C20H23N3O5/c1-25-14-6-8-18(26-2)17(10-14)23-12-22-15-9-13(5-7-16(15)23)20(24)21-11-19(27-3)28-4/h5-10,12,19H,11H2,1-4H3,(H,21,24). The fourth-order valence-corrected chi connectivity index (χ4v) is 2.87. The maximum absolute atomic E-state index is 12.4.